The fourth-order valence-electron chi connectivity index (χ4n) is 1.32. The molecule has 1 heterocycles. The van der Waals surface area contributed by atoms with E-state index in [4.69, 9.17) is 0 Å². The van der Waals surface area contributed by atoms with Crippen molar-refractivity contribution in [1.29, 1.82) is 0 Å². The number of halogens is 1. The summed E-state index contributed by atoms with van der Waals surface area (Å²) < 4.78 is 14.6. The van der Waals surface area contributed by atoms with Gasteiger partial charge in [0.15, 0.2) is 0 Å². The van der Waals surface area contributed by atoms with Crippen LogP contribution in [-0.2, 0) is 6.54 Å². The van der Waals surface area contributed by atoms with Gasteiger partial charge in [-0.2, -0.15) is 0 Å². The van der Waals surface area contributed by atoms with E-state index in [9.17, 15) is 4.39 Å². The van der Waals surface area contributed by atoms with E-state index in [1.807, 2.05) is 10.8 Å². The van der Waals surface area contributed by atoms with Crippen molar-refractivity contribution in [3.8, 4) is 0 Å². The monoisotopic (exact) mass is 205 g/mol. The van der Waals surface area contributed by atoms with E-state index in [1.54, 1.807) is 24.7 Å². The molecule has 0 saturated heterocycles. The lowest BCUT2D eigenvalue weighted by Crippen LogP contribution is -2.08. The van der Waals surface area contributed by atoms with Crippen LogP contribution in [0, 0.1) is 5.82 Å². The topological polar surface area (TPSA) is 29.9 Å². The predicted molar refractivity (Wildman–Crippen MR) is 57.1 cm³/mol. The van der Waals surface area contributed by atoms with Crippen LogP contribution in [0.3, 0.4) is 0 Å². The first-order chi connectivity index (χ1) is 7.34. The van der Waals surface area contributed by atoms with Crippen LogP contribution in [0.5, 0.6) is 0 Å². The first-order valence-electron chi connectivity index (χ1n) is 4.80. The van der Waals surface area contributed by atoms with E-state index in [0.29, 0.717) is 0 Å². The van der Waals surface area contributed by atoms with Crippen molar-refractivity contribution in [2.45, 2.75) is 6.54 Å². The van der Waals surface area contributed by atoms with E-state index < -0.39 is 0 Å². The van der Waals surface area contributed by atoms with Crippen LogP contribution >= 0.6 is 0 Å². The highest BCUT2D eigenvalue weighted by Gasteiger charge is 1.93. The van der Waals surface area contributed by atoms with Crippen LogP contribution < -0.4 is 5.32 Å². The molecule has 0 aliphatic rings. The molecule has 0 spiro atoms. The molecule has 0 unspecified atom stereocenters. The smallest absolute Gasteiger partial charge is 0.123 e. The maximum atomic E-state index is 12.6. The minimum Gasteiger partial charge on any atom is -0.383 e. The molecule has 0 aliphatic carbocycles. The van der Waals surface area contributed by atoms with Crippen molar-refractivity contribution in [3.05, 3.63) is 48.8 Å². The van der Waals surface area contributed by atoms with Crippen LogP contribution in [0.4, 0.5) is 10.1 Å². The molecule has 2 rings (SSSR count). The van der Waals surface area contributed by atoms with Crippen LogP contribution in [0.2, 0.25) is 0 Å². The quantitative estimate of drug-likeness (QED) is 0.828. The number of hydrogen-bond donors (Lipinski definition) is 1. The van der Waals surface area contributed by atoms with Crippen molar-refractivity contribution in [2.24, 2.45) is 0 Å². The molecule has 0 aliphatic heterocycles. The zero-order valence-corrected chi connectivity index (χ0v) is 8.23. The summed E-state index contributed by atoms with van der Waals surface area (Å²) in [5.41, 5.74) is 0.927. The number of nitrogens with zero attached hydrogens (tertiary/aromatic N) is 2. The van der Waals surface area contributed by atoms with Crippen LogP contribution in [0.15, 0.2) is 43.0 Å². The van der Waals surface area contributed by atoms with Crippen LogP contribution in [0.1, 0.15) is 0 Å². The highest BCUT2D eigenvalue weighted by molar-refractivity contribution is 5.42. The maximum absolute atomic E-state index is 12.6. The third-order valence-electron chi connectivity index (χ3n) is 2.10. The Labute approximate surface area is 87.6 Å². The molecule has 0 atom stereocenters. The number of imidazole rings is 1. The highest BCUT2D eigenvalue weighted by Crippen LogP contribution is 2.07. The predicted octanol–water partition coefficient (Wildman–Crippen LogP) is 2.13. The van der Waals surface area contributed by atoms with E-state index in [-0.39, 0.29) is 5.82 Å². The van der Waals surface area contributed by atoms with Crippen molar-refractivity contribution >= 4 is 5.69 Å². The fourth-order valence-corrected chi connectivity index (χ4v) is 1.32. The molecule has 0 amide bonds. The van der Waals surface area contributed by atoms with Crippen molar-refractivity contribution in [1.82, 2.24) is 9.55 Å². The van der Waals surface area contributed by atoms with Gasteiger partial charge in [0.05, 0.1) is 6.33 Å². The molecule has 1 aromatic heterocycles. The molecular formula is C11H12FN3. The Hall–Kier alpha value is -1.84. The average Bonchev–Trinajstić information content (AvgIpc) is 2.74. The summed E-state index contributed by atoms with van der Waals surface area (Å²) in [6.45, 7) is 1.64. The lowest BCUT2D eigenvalue weighted by molar-refractivity contribution is 0.628. The Bertz CT molecular complexity index is 394. The zero-order chi connectivity index (χ0) is 10.5. The summed E-state index contributed by atoms with van der Waals surface area (Å²) in [4.78, 5) is 3.95. The maximum Gasteiger partial charge on any atom is 0.123 e. The molecule has 1 aromatic carbocycles. The minimum atomic E-state index is -0.213. The largest absolute Gasteiger partial charge is 0.383 e. The van der Waals surface area contributed by atoms with E-state index in [1.165, 1.54) is 12.1 Å². The molecule has 0 fully saturated rings. The molecule has 78 valence electrons. The van der Waals surface area contributed by atoms with Gasteiger partial charge in [-0.15, -0.1) is 0 Å². The number of anilines is 1. The molecule has 0 saturated carbocycles. The van der Waals surface area contributed by atoms with Gasteiger partial charge in [0.25, 0.3) is 0 Å². The lowest BCUT2D eigenvalue weighted by Gasteiger charge is -2.06. The van der Waals surface area contributed by atoms with Gasteiger partial charge < -0.3 is 9.88 Å². The highest BCUT2D eigenvalue weighted by atomic mass is 19.1. The van der Waals surface area contributed by atoms with E-state index in [2.05, 4.69) is 10.3 Å². The van der Waals surface area contributed by atoms with Gasteiger partial charge in [-0.25, -0.2) is 9.37 Å². The Morgan fingerprint density at radius 2 is 2.07 bits per heavy atom. The molecule has 2 aromatic rings. The Balaban J connectivity index is 1.81. The summed E-state index contributed by atoms with van der Waals surface area (Å²) >= 11 is 0. The van der Waals surface area contributed by atoms with Gasteiger partial charge in [-0.3, -0.25) is 0 Å². The van der Waals surface area contributed by atoms with Gasteiger partial charge in [0, 0.05) is 31.2 Å². The third kappa shape index (κ3) is 2.80. The lowest BCUT2D eigenvalue weighted by atomic mass is 10.3. The summed E-state index contributed by atoms with van der Waals surface area (Å²) in [6.07, 6.45) is 5.43. The minimum absolute atomic E-state index is 0.213. The number of aromatic nitrogens is 2. The zero-order valence-electron chi connectivity index (χ0n) is 8.23. The summed E-state index contributed by atoms with van der Waals surface area (Å²) in [5, 5.41) is 3.19. The van der Waals surface area contributed by atoms with Gasteiger partial charge in [0.1, 0.15) is 5.82 Å². The molecule has 1 N–H and O–H groups in total. The second-order valence-electron chi connectivity index (χ2n) is 3.23. The van der Waals surface area contributed by atoms with Crippen molar-refractivity contribution in [3.63, 3.8) is 0 Å². The van der Waals surface area contributed by atoms with Crippen molar-refractivity contribution in [2.75, 3.05) is 11.9 Å². The number of benzene rings is 1. The number of nitrogens with one attached hydrogen (secondary N) is 1. The van der Waals surface area contributed by atoms with Crippen LogP contribution in [0.25, 0.3) is 0 Å². The summed E-state index contributed by atoms with van der Waals surface area (Å²) in [5.74, 6) is -0.213. The Kier molecular flexibility index (Phi) is 2.97. The fraction of sp³-hybridized carbons (Fsp3) is 0.182. The van der Waals surface area contributed by atoms with Gasteiger partial charge in [-0.1, -0.05) is 0 Å². The SMILES string of the molecule is Fc1ccc(NCCn2ccnc2)cc1. The molecule has 15 heavy (non-hydrogen) atoms. The summed E-state index contributed by atoms with van der Waals surface area (Å²) in [6, 6.07) is 6.34. The van der Waals surface area contributed by atoms with Gasteiger partial charge in [-0.05, 0) is 24.3 Å². The molecule has 0 radical (unpaired) electrons. The average molecular weight is 205 g/mol. The second kappa shape index (κ2) is 4.59. The summed E-state index contributed by atoms with van der Waals surface area (Å²) in [7, 11) is 0. The number of hydrogen-bond acceptors (Lipinski definition) is 2. The third-order valence-corrected chi connectivity index (χ3v) is 2.10. The molecule has 4 heteroatoms. The Morgan fingerprint density at radius 1 is 1.27 bits per heavy atom. The van der Waals surface area contributed by atoms with E-state index in [0.717, 1.165) is 18.8 Å². The molecule has 3 nitrogen and oxygen atoms in total. The van der Waals surface area contributed by atoms with Gasteiger partial charge >= 0.3 is 0 Å². The van der Waals surface area contributed by atoms with Gasteiger partial charge in [0.2, 0.25) is 0 Å². The molecule has 0 bridgehead atoms. The number of rotatable bonds is 4. The van der Waals surface area contributed by atoms with Crippen LogP contribution in [-0.4, -0.2) is 16.1 Å². The molecular weight excluding hydrogens is 193 g/mol. The normalized spacial score (nSPS) is 10.2. The Morgan fingerprint density at radius 3 is 2.73 bits per heavy atom. The second-order valence-corrected chi connectivity index (χ2v) is 3.23. The standard InChI is InChI=1S/C11H12FN3/c12-10-1-3-11(4-2-10)14-6-8-15-7-5-13-9-15/h1-5,7,9,14H,6,8H2. The first kappa shape index (κ1) is 9.71. The van der Waals surface area contributed by atoms with E-state index >= 15 is 0 Å². The van der Waals surface area contributed by atoms with Crippen molar-refractivity contribution < 1.29 is 4.39 Å². The first-order valence-corrected chi connectivity index (χ1v) is 4.80.